The van der Waals surface area contributed by atoms with Crippen molar-refractivity contribution in [3.8, 4) is 0 Å². The van der Waals surface area contributed by atoms with E-state index in [1.807, 2.05) is 0 Å². The highest BCUT2D eigenvalue weighted by Gasteiger charge is 2.25. The van der Waals surface area contributed by atoms with Crippen LogP contribution in [-0.2, 0) is 4.74 Å². The third-order valence-corrected chi connectivity index (χ3v) is 1.11. The van der Waals surface area contributed by atoms with Gasteiger partial charge < -0.3 is 9.84 Å². The number of nitrogens with zero attached hydrogens (tertiary/aromatic N) is 1. The van der Waals surface area contributed by atoms with E-state index in [0.29, 0.717) is 19.0 Å². The van der Waals surface area contributed by atoms with Crippen molar-refractivity contribution in [1.82, 2.24) is 0 Å². The third kappa shape index (κ3) is 1.42. The van der Waals surface area contributed by atoms with Gasteiger partial charge in [-0.3, -0.25) is 0 Å². The maximum atomic E-state index is 9.26. The van der Waals surface area contributed by atoms with Crippen LogP contribution in [0.2, 0.25) is 0 Å². The summed E-state index contributed by atoms with van der Waals surface area (Å²) in [7, 11) is 0. The van der Waals surface area contributed by atoms with Crippen LogP contribution in [0.3, 0.4) is 0 Å². The van der Waals surface area contributed by atoms with E-state index in [2.05, 4.69) is 4.99 Å². The topological polar surface area (TPSA) is 41.8 Å². The van der Waals surface area contributed by atoms with Crippen LogP contribution < -0.4 is 0 Å². The van der Waals surface area contributed by atoms with Crippen molar-refractivity contribution in [2.24, 2.45) is 4.99 Å². The summed E-state index contributed by atoms with van der Waals surface area (Å²) in [5.74, 6) is 0.461. The molecule has 3 heteroatoms. The van der Waals surface area contributed by atoms with E-state index in [1.54, 1.807) is 13.8 Å². The fraction of sp³-hybridized carbons (Fsp3) is 0.833. The molecule has 0 aliphatic carbocycles. The minimum absolute atomic E-state index is 0.461. The summed E-state index contributed by atoms with van der Waals surface area (Å²) >= 11 is 0. The van der Waals surface area contributed by atoms with Gasteiger partial charge in [0.05, 0.1) is 6.54 Å². The lowest BCUT2D eigenvalue weighted by Crippen LogP contribution is -2.31. The monoisotopic (exact) mass is 129 g/mol. The standard InChI is InChI=1S/C6H11NO2/c1-6(2,8)5-7-3-4-9-5/h8H,3-4H2,1-2H3. The number of aliphatic hydroxyl groups is 1. The number of ether oxygens (including phenoxy) is 1. The summed E-state index contributed by atoms with van der Waals surface area (Å²) in [4.78, 5) is 3.95. The minimum atomic E-state index is -0.892. The molecule has 0 radical (unpaired) electrons. The van der Waals surface area contributed by atoms with Gasteiger partial charge in [-0.1, -0.05) is 0 Å². The molecule has 1 aliphatic rings. The summed E-state index contributed by atoms with van der Waals surface area (Å²) in [6.45, 7) is 4.62. The van der Waals surface area contributed by atoms with Crippen LogP contribution in [0.5, 0.6) is 0 Å². The van der Waals surface area contributed by atoms with Crippen LogP contribution in [0.1, 0.15) is 13.8 Å². The quantitative estimate of drug-likeness (QED) is 0.549. The first-order chi connectivity index (χ1) is 4.11. The van der Waals surface area contributed by atoms with Gasteiger partial charge in [-0.15, -0.1) is 0 Å². The summed E-state index contributed by atoms with van der Waals surface area (Å²) in [6.07, 6.45) is 0. The van der Waals surface area contributed by atoms with E-state index in [4.69, 9.17) is 4.74 Å². The smallest absolute Gasteiger partial charge is 0.215 e. The second-order valence-corrected chi connectivity index (χ2v) is 2.59. The van der Waals surface area contributed by atoms with Gasteiger partial charge >= 0.3 is 0 Å². The Hall–Kier alpha value is -0.570. The first-order valence-electron chi connectivity index (χ1n) is 3.01. The number of hydrogen-bond donors (Lipinski definition) is 1. The fourth-order valence-electron chi connectivity index (χ4n) is 0.705. The zero-order valence-electron chi connectivity index (χ0n) is 5.72. The molecule has 0 aromatic heterocycles. The zero-order valence-corrected chi connectivity index (χ0v) is 5.72. The predicted molar refractivity (Wildman–Crippen MR) is 34.6 cm³/mol. The minimum Gasteiger partial charge on any atom is -0.477 e. The molecule has 9 heavy (non-hydrogen) atoms. The molecule has 3 nitrogen and oxygen atoms in total. The molecular weight excluding hydrogens is 118 g/mol. The summed E-state index contributed by atoms with van der Waals surface area (Å²) in [6, 6.07) is 0. The van der Waals surface area contributed by atoms with Gasteiger partial charge in [-0.2, -0.15) is 0 Å². The molecule has 0 aromatic carbocycles. The van der Waals surface area contributed by atoms with Gasteiger partial charge in [0, 0.05) is 0 Å². The van der Waals surface area contributed by atoms with Crippen molar-refractivity contribution in [3.05, 3.63) is 0 Å². The van der Waals surface area contributed by atoms with Gasteiger partial charge in [0.1, 0.15) is 12.2 Å². The van der Waals surface area contributed by atoms with Crippen molar-refractivity contribution >= 4 is 5.90 Å². The van der Waals surface area contributed by atoms with Crippen molar-refractivity contribution < 1.29 is 9.84 Å². The van der Waals surface area contributed by atoms with Crippen LogP contribution >= 0.6 is 0 Å². The second-order valence-electron chi connectivity index (χ2n) is 2.59. The van der Waals surface area contributed by atoms with Gasteiger partial charge in [-0.05, 0) is 13.8 Å². The van der Waals surface area contributed by atoms with E-state index in [1.165, 1.54) is 0 Å². The van der Waals surface area contributed by atoms with E-state index >= 15 is 0 Å². The van der Waals surface area contributed by atoms with Crippen molar-refractivity contribution in [2.45, 2.75) is 19.4 Å². The van der Waals surface area contributed by atoms with Gasteiger partial charge in [0.2, 0.25) is 5.90 Å². The van der Waals surface area contributed by atoms with Crippen molar-refractivity contribution in [2.75, 3.05) is 13.2 Å². The highest BCUT2D eigenvalue weighted by molar-refractivity contribution is 5.84. The van der Waals surface area contributed by atoms with Crippen LogP contribution in [0.15, 0.2) is 4.99 Å². The lowest BCUT2D eigenvalue weighted by Gasteiger charge is -2.15. The molecule has 52 valence electrons. The van der Waals surface area contributed by atoms with Crippen LogP contribution in [-0.4, -0.2) is 29.8 Å². The van der Waals surface area contributed by atoms with Crippen LogP contribution in [0, 0.1) is 0 Å². The first-order valence-corrected chi connectivity index (χ1v) is 3.01. The Bertz CT molecular complexity index is 134. The predicted octanol–water partition coefficient (Wildman–Crippen LogP) is 0.186. The Morgan fingerprint density at radius 3 is 2.56 bits per heavy atom. The zero-order chi connectivity index (χ0) is 6.91. The Balaban J connectivity index is 2.61. The van der Waals surface area contributed by atoms with Crippen molar-refractivity contribution in [3.63, 3.8) is 0 Å². The largest absolute Gasteiger partial charge is 0.477 e. The average Bonchev–Trinajstić information content (AvgIpc) is 2.08. The molecule has 0 bridgehead atoms. The number of rotatable bonds is 1. The molecule has 1 heterocycles. The normalized spacial score (nSPS) is 19.2. The summed E-state index contributed by atoms with van der Waals surface area (Å²) in [5.41, 5.74) is -0.892. The Morgan fingerprint density at radius 1 is 1.67 bits per heavy atom. The number of hydrogen-bond acceptors (Lipinski definition) is 3. The van der Waals surface area contributed by atoms with Gasteiger partial charge in [-0.25, -0.2) is 4.99 Å². The van der Waals surface area contributed by atoms with Gasteiger partial charge in [0.25, 0.3) is 0 Å². The Labute approximate surface area is 54.4 Å². The lowest BCUT2D eigenvalue weighted by atomic mass is 10.1. The maximum absolute atomic E-state index is 9.26. The first kappa shape index (κ1) is 6.55. The van der Waals surface area contributed by atoms with E-state index in [0.717, 1.165) is 0 Å². The van der Waals surface area contributed by atoms with Crippen molar-refractivity contribution in [1.29, 1.82) is 0 Å². The molecule has 0 unspecified atom stereocenters. The molecular formula is C6H11NO2. The third-order valence-electron chi connectivity index (χ3n) is 1.11. The van der Waals surface area contributed by atoms with E-state index < -0.39 is 5.60 Å². The summed E-state index contributed by atoms with van der Waals surface area (Å²) in [5, 5.41) is 9.26. The molecule has 0 saturated carbocycles. The second kappa shape index (κ2) is 1.99. The molecule has 0 atom stereocenters. The van der Waals surface area contributed by atoms with E-state index in [-0.39, 0.29) is 0 Å². The van der Waals surface area contributed by atoms with E-state index in [9.17, 15) is 5.11 Å². The molecule has 1 N–H and O–H groups in total. The fourth-order valence-corrected chi connectivity index (χ4v) is 0.705. The number of aliphatic imine (C=N–C) groups is 1. The molecule has 1 rings (SSSR count). The molecule has 0 amide bonds. The lowest BCUT2D eigenvalue weighted by molar-refractivity contribution is 0.122. The average molecular weight is 129 g/mol. The molecule has 0 spiro atoms. The Morgan fingerprint density at radius 2 is 2.33 bits per heavy atom. The Kier molecular flexibility index (Phi) is 1.45. The molecule has 0 saturated heterocycles. The van der Waals surface area contributed by atoms with Crippen LogP contribution in [0.25, 0.3) is 0 Å². The molecule has 1 aliphatic heterocycles. The summed E-state index contributed by atoms with van der Waals surface area (Å²) < 4.78 is 5.02. The highest BCUT2D eigenvalue weighted by atomic mass is 16.5. The highest BCUT2D eigenvalue weighted by Crippen LogP contribution is 2.09. The van der Waals surface area contributed by atoms with Crippen LogP contribution in [0.4, 0.5) is 0 Å². The molecule has 0 fully saturated rings. The maximum Gasteiger partial charge on any atom is 0.215 e. The molecule has 0 aromatic rings. The van der Waals surface area contributed by atoms with Gasteiger partial charge in [0.15, 0.2) is 0 Å². The SMILES string of the molecule is CC(C)(O)C1=NCCO1.